The van der Waals surface area contributed by atoms with Gasteiger partial charge in [-0.3, -0.25) is 4.79 Å². The molecule has 0 aromatic heterocycles. The van der Waals surface area contributed by atoms with Crippen LogP contribution in [0.15, 0.2) is 0 Å². The molecule has 4 heteroatoms. The quantitative estimate of drug-likeness (QED) is 0.767. The van der Waals surface area contributed by atoms with E-state index in [1.807, 2.05) is 11.9 Å². The molecule has 1 saturated heterocycles. The molecular weight excluding hydrogens is 204 g/mol. The highest BCUT2D eigenvalue weighted by molar-refractivity contribution is 5.78. The van der Waals surface area contributed by atoms with E-state index in [0.717, 1.165) is 45.4 Å². The van der Waals surface area contributed by atoms with Crippen molar-refractivity contribution in [3.8, 4) is 0 Å². The van der Waals surface area contributed by atoms with Crippen molar-refractivity contribution in [2.45, 2.75) is 31.7 Å². The lowest BCUT2D eigenvalue weighted by molar-refractivity contribution is -0.138. The summed E-state index contributed by atoms with van der Waals surface area (Å²) in [6.45, 7) is 2.35. The highest BCUT2D eigenvalue weighted by Crippen LogP contribution is 2.27. The van der Waals surface area contributed by atoms with E-state index in [2.05, 4.69) is 0 Å². The molecule has 2 aliphatic rings. The van der Waals surface area contributed by atoms with Gasteiger partial charge in [0.2, 0.25) is 5.91 Å². The van der Waals surface area contributed by atoms with E-state index in [4.69, 9.17) is 10.5 Å². The van der Waals surface area contributed by atoms with Crippen LogP contribution in [0.5, 0.6) is 0 Å². The van der Waals surface area contributed by atoms with Gasteiger partial charge in [-0.05, 0) is 31.6 Å². The molecule has 1 amide bonds. The van der Waals surface area contributed by atoms with Crippen molar-refractivity contribution < 1.29 is 9.53 Å². The third-order valence-electron chi connectivity index (χ3n) is 3.75. The summed E-state index contributed by atoms with van der Waals surface area (Å²) in [5.41, 5.74) is 5.74. The van der Waals surface area contributed by atoms with Crippen LogP contribution in [0.2, 0.25) is 0 Å². The van der Waals surface area contributed by atoms with Crippen LogP contribution in [0.25, 0.3) is 0 Å². The van der Waals surface area contributed by atoms with Crippen LogP contribution in [0, 0.1) is 11.8 Å². The maximum absolute atomic E-state index is 12.1. The number of carbonyl (C=O) groups is 1. The first-order chi connectivity index (χ1) is 7.66. The first-order valence-corrected chi connectivity index (χ1v) is 6.25. The topological polar surface area (TPSA) is 55.6 Å². The van der Waals surface area contributed by atoms with Crippen molar-refractivity contribution in [2.24, 2.45) is 17.6 Å². The van der Waals surface area contributed by atoms with Gasteiger partial charge < -0.3 is 15.4 Å². The average Bonchev–Trinajstić information content (AvgIpc) is 2.27. The SMILES string of the molecule is CN(CC1CC(N)C1)C(=O)C1CCOCC1. The van der Waals surface area contributed by atoms with Crippen LogP contribution in [0.4, 0.5) is 0 Å². The summed E-state index contributed by atoms with van der Waals surface area (Å²) in [6, 6.07) is 0.372. The zero-order valence-electron chi connectivity index (χ0n) is 10.0. The fraction of sp³-hybridized carbons (Fsp3) is 0.917. The Morgan fingerprint density at radius 3 is 2.56 bits per heavy atom. The lowest BCUT2D eigenvalue weighted by Gasteiger charge is -2.36. The molecule has 0 aromatic carbocycles. The zero-order chi connectivity index (χ0) is 11.5. The Kier molecular flexibility index (Phi) is 3.82. The van der Waals surface area contributed by atoms with E-state index < -0.39 is 0 Å². The maximum atomic E-state index is 12.1. The maximum Gasteiger partial charge on any atom is 0.225 e. The number of nitrogens with zero attached hydrogens (tertiary/aromatic N) is 1. The third-order valence-corrected chi connectivity index (χ3v) is 3.75. The van der Waals surface area contributed by atoms with Gasteiger partial charge in [0.25, 0.3) is 0 Å². The standard InChI is InChI=1S/C12H22N2O2/c1-14(8-9-6-11(13)7-9)12(15)10-2-4-16-5-3-10/h9-11H,2-8,13H2,1H3. The minimum Gasteiger partial charge on any atom is -0.381 e. The van der Waals surface area contributed by atoms with Crippen LogP contribution in [-0.4, -0.2) is 43.7 Å². The monoisotopic (exact) mass is 226 g/mol. The van der Waals surface area contributed by atoms with Gasteiger partial charge >= 0.3 is 0 Å². The normalized spacial score (nSPS) is 30.9. The van der Waals surface area contributed by atoms with Gasteiger partial charge in [0.1, 0.15) is 0 Å². The van der Waals surface area contributed by atoms with E-state index in [0.29, 0.717) is 17.9 Å². The van der Waals surface area contributed by atoms with Crippen molar-refractivity contribution in [2.75, 3.05) is 26.8 Å². The van der Waals surface area contributed by atoms with E-state index in [9.17, 15) is 4.79 Å². The van der Waals surface area contributed by atoms with E-state index >= 15 is 0 Å². The van der Waals surface area contributed by atoms with Gasteiger partial charge in [-0.1, -0.05) is 0 Å². The molecule has 0 radical (unpaired) electrons. The third kappa shape index (κ3) is 2.74. The molecule has 16 heavy (non-hydrogen) atoms. The summed E-state index contributed by atoms with van der Waals surface area (Å²) in [4.78, 5) is 14.0. The summed E-state index contributed by atoms with van der Waals surface area (Å²) in [5.74, 6) is 1.11. The Morgan fingerprint density at radius 2 is 2.00 bits per heavy atom. The molecule has 0 spiro atoms. The molecule has 1 saturated carbocycles. The molecule has 2 rings (SSSR count). The second-order valence-electron chi connectivity index (χ2n) is 5.20. The van der Waals surface area contributed by atoms with E-state index in [1.165, 1.54) is 0 Å². The fourth-order valence-corrected chi connectivity index (χ4v) is 2.67. The molecule has 0 unspecified atom stereocenters. The fourth-order valence-electron chi connectivity index (χ4n) is 2.67. The molecule has 0 atom stereocenters. The Morgan fingerprint density at radius 1 is 1.38 bits per heavy atom. The Balaban J connectivity index is 1.74. The molecular formula is C12H22N2O2. The minimum atomic E-state index is 0.187. The second kappa shape index (κ2) is 5.15. The highest BCUT2D eigenvalue weighted by Gasteiger charge is 2.30. The van der Waals surface area contributed by atoms with Gasteiger partial charge in [0.15, 0.2) is 0 Å². The van der Waals surface area contributed by atoms with Crippen molar-refractivity contribution >= 4 is 5.91 Å². The number of ether oxygens (including phenoxy) is 1. The van der Waals surface area contributed by atoms with Gasteiger partial charge in [-0.25, -0.2) is 0 Å². The van der Waals surface area contributed by atoms with Gasteiger partial charge in [0.05, 0.1) is 0 Å². The average molecular weight is 226 g/mol. The largest absolute Gasteiger partial charge is 0.381 e. The molecule has 1 heterocycles. The second-order valence-corrected chi connectivity index (χ2v) is 5.20. The molecule has 92 valence electrons. The van der Waals surface area contributed by atoms with Crippen molar-refractivity contribution in [1.29, 1.82) is 0 Å². The van der Waals surface area contributed by atoms with Crippen molar-refractivity contribution in [3.63, 3.8) is 0 Å². The first kappa shape index (κ1) is 11.9. The summed E-state index contributed by atoms with van der Waals surface area (Å²) in [5, 5.41) is 0. The number of nitrogens with two attached hydrogens (primary N) is 1. The number of hydrogen-bond donors (Lipinski definition) is 1. The Labute approximate surface area is 97.1 Å². The Hall–Kier alpha value is -0.610. The van der Waals surface area contributed by atoms with Gasteiger partial charge in [-0.15, -0.1) is 0 Å². The molecule has 1 aliphatic carbocycles. The van der Waals surface area contributed by atoms with E-state index in [-0.39, 0.29) is 5.92 Å². The van der Waals surface area contributed by atoms with Crippen LogP contribution in [0.3, 0.4) is 0 Å². The van der Waals surface area contributed by atoms with Crippen molar-refractivity contribution in [1.82, 2.24) is 4.90 Å². The predicted octanol–water partition coefficient (Wildman–Crippen LogP) is 0.609. The van der Waals surface area contributed by atoms with Crippen LogP contribution < -0.4 is 5.73 Å². The van der Waals surface area contributed by atoms with Crippen molar-refractivity contribution in [3.05, 3.63) is 0 Å². The number of carbonyl (C=O) groups excluding carboxylic acids is 1. The van der Waals surface area contributed by atoms with Crippen LogP contribution in [-0.2, 0) is 9.53 Å². The molecule has 1 aliphatic heterocycles. The number of amides is 1. The van der Waals surface area contributed by atoms with Crippen LogP contribution >= 0.6 is 0 Å². The summed E-state index contributed by atoms with van der Waals surface area (Å²) in [6.07, 6.45) is 3.91. The lowest BCUT2D eigenvalue weighted by Crippen LogP contribution is -2.45. The van der Waals surface area contributed by atoms with Gasteiger partial charge in [0, 0.05) is 38.8 Å². The zero-order valence-corrected chi connectivity index (χ0v) is 10.0. The smallest absolute Gasteiger partial charge is 0.225 e. The predicted molar refractivity (Wildman–Crippen MR) is 61.9 cm³/mol. The summed E-state index contributed by atoms with van der Waals surface area (Å²) >= 11 is 0. The van der Waals surface area contributed by atoms with Gasteiger partial charge in [-0.2, -0.15) is 0 Å². The molecule has 0 aromatic rings. The summed E-state index contributed by atoms with van der Waals surface area (Å²) < 4.78 is 5.27. The minimum absolute atomic E-state index is 0.187. The highest BCUT2D eigenvalue weighted by atomic mass is 16.5. The molecule has 2 fully saturated rings. The number of rotatable bonds is 3. The first-order valence-electron chi connectivity index (χ1n) is 6.25. The lowest BCUT2D eigenvalue weighted by atomic mass is 9.80. The van der Waals surface area contributed by atoms with Crippen LogP contribution in [0.1, 0.15) is 25.7 Å². The molecule has 0 bridgehead atoms. The Bertz CT molecular complexity index is 245. The van der Waals surface area contributed by atoms with E-state index in [1.54, 1.807) is 0 Å². The number of hydrogen-bond acceptors (Lipinski definition) is 3. The molecule has 2 N–H and O–H groups in total. The summed E-state index contributed by atoms with van der Waals surface area (Å²) in [7, 11) is 1.92. The molecule has 4 nitrogen and oxygen atoms in total.